The van der Waals surface area contributed by atoms with Gasteiger partial charge in [0.1, 0.15) is 5.69 Å². The summed E-state index contributed by atoms with van der Waals surface area (Å²) in [6.07, 6.45) is 5.45. The Kier molecular flexibility index (Phi) is 4.28. The molecule has 5 rings (SSSR count). The smallest absolute Gasteiger partial charge is 0.270 e. The number of benzene rings is 1. The van der Waals surface area contributed by atoms with Crippen molar-refractivity contribution in [1.82, 2.24) is 24.8 Å². The number of hydrogen-bond donors (Lipinski definition) is 2. The number of fused-ring (bicyclic) bond motifs is 1. The summed E-state index contributed by atoms with van der Waals surface area (Å²) in [5.41, 5.74) is 4.35. The molecular weight excluding hydrogens is 350 g/mol. The minimum atomic E-state index is 0.104. The van der Waals surface area contributed by atoms with Crippen LogP contribution < -0.4 is 0 Å². The Hall–Kier alpha value is -2.86. The average Bonchev–Trinajstić information content (AvgIpc) is 3.47. The second-order valence-electron chi connectivity index (χ2n) is 8.04. The molecule has 1 aromatic carbocycles. The van der Waals surface area contributed by atoms with Crippen molar-refractivity contribution in [3.05, 3.63) is 77.6 Å². The van der Waals surface area contributed by atoms with Crippen LogP contribution >= 0.6 is 0 Å². The zero-order valence-corrected chi connectivity index (χ0v) is 16.0. The monoisotopic (exact) mass is 375 g/mol. The first kappa shape index (κ1) is 17.3. The lowest BCUT2D eigenvalue weighted by molar-refractivity contribution is 0.0694. The van der Waals surface area contributed by atoms with Gasteiger partial charge in [0.25, 0.3) is 5.91 Å². The van der Waals surface area contributed by atoms with Crippen LogP contribution in [0.5, 0.6) is 0 Å². The summed E-state index contributed by atoms with van der Waals surface area (Å²) in [4.78, 5) is 28.3. The van der Waals surface area contributed by atoms with Gasteiger partial charge >= 0.3 is 0 Å². The molecule has 2 aliphatic heterocycles. The molecular formula is C22H25N5O. The fourth-order valence-electron chi connectivity index (χ4n) is 5.02. The van der Waals surface area contributed by atoms with Gasteiger partial charge in [0, 0.05) is 50.2 Å². The van der Waals surface area contributed by atoms with Crippen molar-refractivity contribution >= 4 is 5.91 Å². The molecule has 4 heterocycles. The topological polar surface area (TPSA) is 68.0 Å². The highest BCUT2D eigenvalue weighted by atomic mass is 16.2. The summed E-state index contributed by atoms with van der Waals surface area (Å²) >= 11 is 0. The highest BCUT2D eigenvalue weighted by Crippen LogP contribution is 2.46. The predicted molar refractivity (Wildman–Crippen MR) is 107 cm³/mol. The average molecular weight is 375 g/mol. The number of H-pyrrole nitrogens is 2. The molecule has 0 spiro atoms. The number of aryl methyl sites for hydroxylation is 1. The molecule has 0 saturated carbocycles. The molecule has 6 nitrogen and oxygen atoms in total. The maximum Gasteiger partial charge on any atom is 0.270 e. The van der Waals surface area contributed by atoms with Crippen LogP contribution in [0, 0.1) is 18.8 Å². The lowest BCUT2D eigenvalue weighted by atomic mass is 9.87. The summed E-state index contributed by atoms with van der Waals surface area (Å²) < 4.78 is 0. The van der Waals surface area contributed by atoms with E-state index in [-0.39, 0.29) is 11.9 Å². The number of aromatic nitrogens is 3. The van der Waals surface area contributed by atoms with Crippen molar-refractivity contribution in [1.29, 1.82) is 0 Å². The number of likely N-dealkylation sites (tertiary alicyclic amines) is 2. The van der Waals surface area contributed by atoms with Gasteiger partial charge in [-0.1, -0.05) is 24.3 Å². The van der Waals surface area contributed by atoms with Gasteiger partial charge in [-0.25, -0.2) is 4.98 Å². The number of rotatable bonds is 4. The van der Waals surface area contributed by atoms with Crippen LogP contribution in [0.15, 0.2) is 55.1 Å². The molecule has 2 aromatic heterocycles. The number of aromatic amines is 2. The Morgan fingerprint density at radius 1 is 1.14 bits per heavy atom. The lowest BCUT2D eigenvalue weighted by Crippen LogP contribution is -2.36. The first-order valence-electron chi connectivity index (χ1n) is 9.90. The van der Waals surface area contributed by atoms with Crippen molar-refractivity contribution in [3.8, 4) is 0 Å². The van der Waals surface area contributed by atoms with Crippen LogP contribution in [-0.2, 0) is 6.54 Å². The molecule has 0 unspecified atom stereocenters. The third-order valence-electron chi connectivity index (χ3n) is 6.28. The standard InChI is InChI=1S/C22H25N5O/c1-15-5-2-3-6-18(15)21-19-13-26(12-17-9-23-14-25-17)10-16(19)11-27(21)22(28)20-7-4-8-24-20/h2-9,14,16,19,21,24H,10-13H2,1H3,(H,23,25)/t16-,19-,21+/m0/s1. The van der Waals surface area contributed by atoms with Gasteiger partial charge in [-0.2, -0.15) is 0 Å². The largest absolute Gasteiger partial charge is 0.357 e. The minimum absolute atomic E-state index is 0.104. The van der Waals surface area contributed by atoms with Crippen LogP contribution in [0.4, 0.5) is 0 Å². The number of nitrogens with zero attached hydrogens (tertiary/aromatic N) is 3. The molecule has 144 valence electrons. The van der Waals surface area contributed by atoms with E-state index in [1.807, 2.05) is 24.5 Å². The van der Waals surface area contributed by atoms with Gasteiger partial charge in [0.15, 0.2) is 0 Å². The number of imidazole rings is 1. The summed E-state index contributed by atoms with van der Waals surface area (Å²) in [5, 5.41) is 0. The maximum atomic E-state index is 13.2. The van der Waals surface area contributed by atoms with Crippen LogP contribution in [0.1, 0.15) is 33.4 Å². The molecule has 28 heavy (non-hydrogen) atoms. The number of amides is 1. The van der Waals surface area contributed by atoms with Gasteiger partial charge in [-0.3, -0.25) is 9.69 Å². The van der Waals surface area contributed by atoms with Gasteiger partial charge < -0.3 is 14.9 Å². The number of hydrogen-bond acceptors (Lipinski definition) is 3. The van der Waals surface area contributed by atoms with Crippen LogP contribution in [-0.4, -0.2) is 50.3 Å². The first-order chi connectivity index (χ1) is 13.7. The molecule has 6 heteroatoms. The zero-order chi connectivity index (χ0) is 19.1. The highest BCUT2D eigenvalue weighted by Gasteiger charge is 2.49. The third-order valence-corrected chi connectivity index (χ3v) is 6.28. The molecule has 0 radical (unpaired) electrons. The van der Waals surface area contributed by atoms with Crippen molar-refractivity contribution in [2.24, 2.45) is 11.8 Å². The minimum Gasteiger partial charge on any atom is -0.357 e. The van der Waals surface area contributed by atoms with Crippen LogP contribution in [0.25, 0.3) is 0 Å². The second kappa shape index (κ2) is 6.95. The van der Waals surface area contributed by atoms with E-state index in [9.17, 15) is 4.79 Å². The molecule has 2 saturated heterocycles. The van der Waals surface area contributed by atoms with Crippen molar-refractivity contribution in [2.45, 2.75) is 19.5 Å². The predicted octanol–water partition coefficient (Wildman–Crippen LogP) is 2.99. The van der Waals surface area contributed by atoms with E-state index >= 15 is 0 Å². The second-order valence-corrected chi connectivity index (χ2v) is 8.04. The highest BCUT2D eigenvalue weighted by molar-refractivity contribution is 5.93. The molecule has 3 aromatic rings. The number of carbonyl (C=O) groups is 1. The molecule has 3 atom stereocenters. The lowest BCUT2D eigenvalue weighted by Gasteiger charge is -2.30. The van der Waals surface area contributed by atoms with E-state index in [0.717, 1.165) is 31.9 Å². The van der Waals surface area contributed by atoms with E-state index in [2.05, 4.69) is 55.9 Å². The summed E-state index contributed by atoms with van der Waals surface area (Å²) in [7, 11) is 0. The van der Waals surface area contributed by atoms with Crippen molar-refractivity contribution in [2.75, 3.05) is 19.6 Å². The SMILES string of the molecule is Cc1ccccc1[C@@H]1[C@H]2CN(Cc3cnc[nH]3)C[C@H]2CN1C(=O)c1ccc[nH]1. The maximum absolute atomic E-state index is 13.2. The quantitative estimate of drug-likeness (QED) is 0.737. The molecule has 2 fully saturated rings. The molecule has 2 aliphatic rings. The van der Waals surface area contributed by atoms with E-state index < -0.39 is 0 Å². The molecule has 2 N–H and O–H groups in total. The Morgan fingerprint density at radius 3 is 2.79 bits per heavy atom. The molecule has 1 amide bonds. The molecule has 0 aliphatic carbocycles. The molecule has 0 bridgehead atoms. The van der Waals surface area contributed by atoms with E-state index in [1.54, 1.807) is 6.33 Å². The zero-order valence-electron chi connectivity index (χ0n) is 16.0. The fraction of sp³-hybridized carbons (Fsp3) is 0.364. The Balaban J connectivity index is 1.44. The Morgan fingerprint density at radius 2 is 2.04 bits per heavy atom. The summed E-state index contributed by atoms with van der Waals surface area (Å²) in [5.74, 6) is 1.04. The number of nitrogens with one attached hydrogen (secondary N) is 2. The van der Waals surface area contributed by atoms with Gasteiger partial charge in [-0.15, -0.1) is 0 Å². The first-order valence-corrected chi connectivity index (χ1v) is 9.90. The van der Waals surface area contributed by atoms with Crippen LogP contribution in [0.3, 0.4) is 0 Å². The fourth-order valence-corrected chi connectivity index (χ4v) is 5.02. The summed E-state index contributed by atoms with van der Waals surface area (Å²) in [6.45, 7) is 5.86. The Labute approximate surface area is 164 Å². The summed E-state index contributed by atoms with van der Waals surface area (Å²) in [6, 6.07) is 12.4. The van der Waals surface area contributed by atoms with E-state index in [4.69, 9.17) is 0 Å². The van der Waals surface area contributed by atoms with Crippen LogP contribution in [0.2, 0.25) is 0 Å². The van der Waals surface area contributed by atoms with E-state index in [0.29, 0.717) is 17.5 Å². The third kappa shape index (κ3) is 2.94. The van der Waals surface area contributed by atoms with Gasteiger partial charge in [0.2, 0.25) is 0 Å². The van der Waals surface area contributed by atoms with Gasteiger partial charge in [0.05, 0.1) is 12.4 Å². The van der Waals surface area contributed by atoms with E-state index in [1.165, 1.54) is 11.1 Å². The van der Waals surface area contributed by atoms with Crippen molar-refractivity contribution in [3.63, 3.8) is 0 Å². The van der Waals surface area contributed by atoms with Crippen molar-refractivity contribution < 1.29 is 4.79 Å². The number of carbonyl (C=O) groups excluding carboxylic acids is 1. The van der Waals surface area contributed by atoms with Gasteiger partial charge in [-0.05, 0) is 36.1 Å². The Bertz CT molecular complexity index is 949. The normalized spacial score (nSPS) is 24.6.